The molecule has 5 rings (SSSR count). The van der Waals surface area contributed by atoms with Crippen molar-refractivity contribution >= 4 is 16.4 Å². The summed E-state index contributed by atoms with van der Waals surface area (Å²) in [7, 11) is 1.36. The molecule has 0 N–H and O–H groups in total. The lowest BCUT2D eigenvalue weighted by Crippen LogP contribution is -2.20. The molecule has 0 spiro atoms. The van der Waals surface area contributed by atoms with E-state index in [1.165, 1.54) is 13.2 Å². The molecule has 2 aromatic carbocycles. The molecular weight excluding hydrogens is 431 g/mol. The molecule has 0 aliphatic heterocycles. The molecule has 0 fully saturated rings. The molecule has 8 heteroatoms. The second-order valence-corrected chi connectivity index (χ2v) is 7.60. The van der Waals surface area contributed by atoms with Gasteiger partial charge in [-0.05, 0) is 29.3 Å². The number of rotatable bonds is 4. The number of nitrogens with zero attached hydrogens (tertiary/aromatic N) is 3. The van der Waals surface area contributed by atoms with Gasteiger partial charge >= 0.3 is 6.18 Å². The minimum absolute atomic E-state index is 0.158. The number of alkyl halides is 3. The monoisotopic (exact) mass is 449 g/mol. The van der Waals surface area contributed by atoms with Crippen LogP contribution in [0.5, 0.6) is 5.88 Å². The van der Waals surface area contributed by atoms with Crippen LogP contribution in [-0.2, 0) is 12.7 Å². The summed E-state index contributed by atoms with van der Waals surface area (Å²) >= 11 is 0. The number of hydrogen-bond donors (Lipinski definition) is 0. The zero-order valence-electron chi connectivity index (χ0n) is 17.5. The third-order valence-electron chi connectivity index (χ3n) is 5.58. The van der Waals surface area contributed by atoms with E-state index < -0.39 is 11.9 Å². The van der Waals surface area contributed by atoms with Crippen LogP contribution in [0.2, 0.25) is 0 Å². The Balaban J connectivity index is 1.77. The maximum absolute atomic E-state index is 13.4. The number of aromatic nitrogens is 3. The normalized spacial score (nSPS) is 11.9. The lowest BCUT2D eigenvalue weighted by molar-refractivity contribution is -0.141. The first-order valence-corrected chi connectivity index (χ1v) is 10.2. The third kappa shape index (κ3) is 3.63. The highest BCUT2D eigenvalue weighted by Gasteiger charge is 2.35. The summed E-state index contributed by atoms with van der Waals surface area (Å²) in [6.07, 6.45) is -4.62. The summed E-state index contributed by atoms with van der Waals surface area (Å²) < 4.78 is 48.2. The van der Waals surface area contributed by atoms with Gasteiger partial charge in [0.1, 0.15) is 0 Å². The summed E-state index contributed by atoms with van der Waals surface area (Å²) in [5.41, 5.74) is 1.56. The van der Waals surface area contributed by atoms with Crippen molar-refractivity contribution in [2.75, 3.05) is 7.11 Å². The van der Waals surface area contributed by atoms with E-state index >= 15 is 0 Å². The Morgan fingerprint density at radius 2 is 1.61 bits per heavy atom. The van der Waals surface area contributed by atoms with Gasteiger partial charge in [-0.25, -0.2) is 0 Å². The van der Waals surface area contributed by atoms with E-state index in [1.807, 2.05) is 54.6 Å². The van der Waals surface area contributed by atoms with Crippen LogP contribution < -0.4 is 10.3 Å². The summed E-state index contributed by atoms with van der Waals surface area (Å²) in [4.78, 5) is 13.2. The maximum Gasteiger partial charge on any atom is 0.435 e. The quantitative estimate of drug-likeness (QED) is 0.370. The summed E-state index contributed by atoms with van der Waals surface area (Å²) in [5, 5.41) is 4.45. The number of halogens is 3. The largest absolute Gasteiger partial charge is 0.481 e. The van der Waals surface area contributed by atoms with Crippen LogP contribution in [0.25, 0.3) is 27.5 Å². The van der Waals surface area contributed by atoms with Gasteiger partial charge in [0.15, 0.2) is 5.69 Å². The van der Waals surface area contributed by atoms with Gasteiger partial charge < -0.3 is 9.30 Å². The molecule has 0 bridgehead atoms. The number of fused-ring (bicyclic) bond motifs is 2. The summed E-state index contributed by atoms with van der Waals surface area (Å²) in [5.74, 6) is 0.158. The van der Waals surface area contributed by atoms with Crippen LogP contribution in [0.15, 0.2) is 83.7 Å². The second-order valence-electron chi connectivity index (χ2n) is 7.60. The zero-order valence-corrected chi connectivity index (χ0v) is 17.5. The van der Waals surface area contributed by atoms with E-state index in [-0.39, 0.29) is 17.0 Å². The first-order valence-electron chi connectivity index (χ1n) is 10.2. The average molecular weight is 449 g/mol. The fourth-order valence-electron chi connectivity index (χ4n) is 4.06. The van der Waals surface area contributed by atoms with Gasteiger partial charge in [0.05, 0.1) is 24.7 Å². The zero-order chi connectivity index (χ0) is 23.2. The Kier molecular flexibility index (Phi) is 4.92. The Morgan fingerprint density at radius 1 is 0.879 bits per heavy atom. The maximum atomic E-state index is 13.4. The van der Waals surface area contributed by atoms with Crippen LogP contribution in [0.3, 0.4) is 0 Å². The first kappa shape index (κ1) is 20.8. The first-order chi connectivity index (χ1) is 15.9. The van der Waals surface area contributed by atoms with Crippen molar-refractivity contribution in [2.45, 2.75) is 12.7 Å². The fourth-order valence-corrected chi connectivity index (χ4v) is 4.06. The number of benzene rings is 2. The molecule has 0 aliphatic carbocycles. The molecular formula is C25H18F3N3O2. The Morgan fingerprint density at radius 3 is 2.33 bits per heavy atom. The van der Waals surface area contributed by atoms with Gasteiger partial charge in [-0.1, -0.05) is 48.5 Å². The van der Waals surface area contributed by atoms with Gasteiger partial charge in [-0.3, -0.25) is 4.79 Å². The van der Waals surface area contributed by atoms with Gasteiger partial charge in [0, 0.05) is 23.1 Å². The number of ether oxygens (including phenoxy) is 1. The molecule has 0 atom stereocenters. The molecule has 3 aromatic heterocycles. The van der Waals surface area contributed by atoms with E-state index in [0.29, 0.717) is 23.2 Å². The molecule has 0 radical (unpaired) electrons. The Hall–Kier alpha value is -4.07. The fraction of sp³-hybridized carbons (Fsp3) is 0.120. The van der Waals surface area contributed by atoms with Crippen molar-refractivity contribution in [2.24, 2.45) is 0 Å². The molecule has 0 unspecified atom stereocenters. The SMILES string of the molecule is COc1ccc(-c2cc(=O)n(Cc3ccccc3)c3ccccc23)c2cc(C(F)(F)F)nn12. The summed E-state index contributed by atoms with van der Waals surface area (Å²) in [6, 6.07) is 22.6. The lowest BCUT2D eigenvalue weighted by atomic mass is 10.00. The molecule has 166 valence electrons. The average Bonchev–Trinajstić information content (AvgIpc) is 3.27. The van der Waals surface area contributed by atoms with E-state index in [9.17, 15) is 18.0 Å². The minimum atomic E-state index is -4.62. The standard InChI is InChI=1S/C25H18F3N3O2/c1-33-24-12-11-18(21-14-22(25(26,27)28)29-31(21)24)19-13-23(32)30(15-16-7-3-2-4-8-16)20-10-6-5-9-17(19)20/h2-14H,15H2,1H3. The van der Waals surface area contributed by atoms with Crippen molar-refractivity contribution in [3.8, 4) is 17.0 Å². The van der Waals surface area contributed by atoms with Gasteiger partial charge in [-0.2, -0.15) is 22.8 Å². The number of para-hydroxylation sites is 1. The lowest BCUT2D eigenvalue weighted by Gasteiger charge is -2.15. The Bertz CT molecular complexity index is 1540. The van der Waals surface area contributed by atoms with Gasteiger partial charge in [0.2, 0.25) is 5.88 Å². The number of methoxy groups -OCH3 is 1. The van der Waals surface area contributed by atoms with Crippen molar-refractivity contribution < 1.29 is 17.9 Å². The van der Waals surface area contributed by atoms with Crippen molar-refractivity contribution in [3.05, 3.63) is 100 Å². The second kappa shape index (κ2) is 7.81. The highest BCUT2D eigenvalue weighted by Crippen LogP contribution is 2.36. The van der Waals surface area contributed by atoms with Crippen LogP contribution in [0.1, 0.15) is 11.3 Å². The van der Waals surface area contributed by atoms with Crippen molar-refractivity contribution in [1.82, 2.24) is 14.2 Å². The molecule has 0 saturated heterocycles. The van der Waals surface area contributed by atoms with Gasteiger partial charge in [-0.15, -0.1) is 0 Å². The molecule has 0 saturated carbocycles. The molecule has 5 aromatic rings. The van der Waals surface area contributed by atoms with Crippen LogP contribution in [0.4, 0.5) is 13.2 Å². The van der Waals surface area contributed by atoms with Crippen LogP contribution in [-0.4, -0.2) is 21.3 Å². The van der Waals surface area contributed by atoms with E-state index in [1.54, 1.807) is 16.7 Å². The van der Waals surface area contributed by atoms with Crippen LogP contribution >= 0.6 is 0 Å². The topological polar surface area (TPSA) is 48.5 Å². The molecule has 33 heavy (non-hydrogen) atoms. The van der Waals surface area contributed by atoms with E-state index in [2.05, 4.69) is 5.10 Å². The third-order valence-corrected chi connectivity index (χ3v) is 5.58. The molecule has 3 heterocycles. The molecule has 0 aliphatic rings. The predicted molar refractivity (Wildman–Crippen MR) is 119 cm³/mol. The van der Waals surface area contributed by atoms with E-state index in [4.69, 9.17) is 4.74 Å². The highest BCUT2D eigenvalue weighted by molar-refractivity contribution is 5.99. The minimum Gasteiger partial charge on any atom is -0.481 e. The van der Waals surface area contributed by atoms with Crippen LogP contribution in [0, 0.1) is 0 Å². The predicted octanol–water partition coefficient (Wildman–Crippen LogP) is 5.39. The molecule has 0 amide bonds. The smallest absolute Gasteiger partial charge is 0.435 e. The van der Waals surface area contributed by atoms with Gasteiger partial charge in [0.25, 0.3) is 5.56 Å². The number of pyridine rings is 2. The van der Waals surface area contributed by atoms with Crippen molar-refractivity contribution in [1.29, 1.82) is 0 Å². The highest BCUT2D eigenvalue weighted by atomic mass is 19.4. The number of hydrogen-bond acceptors (Lipinski definition) is 3. The van der Waals surface area contributed by atoms with Crippen molar-refractivity contribution in [3.63, 3.8) is 0 Å². The van der Waals surface area contributed by atoms with E-state index in [0.717, 1.165) is 21.5 Å². The Labute approximate surface area is 186 Å². The summed E-state index contributed by atoms with van der Waals surface area (Å²) in [6.45, 7) is 0.378. The molecule has 5 nitrogen and oxygen atoms in total.